The van der Waals surface area contributed by atoms with Crippen LogP contribution in [0.1, 0.15) is 53.9 Å². The van der Waals surface area contributed by atoms with E-state index in [0.717, 1.165) is 12.8 Å². The fourth-order valence-electron chi connectivity index (χ4n) is 1.75. The van der Waals surface area contributed by atoms with Crippen LogP contribution in [0.25, 0.3) is 0 Å². The normalized spacial score (nSPS) is 11.5. The van der Waals surface area contributed by atoms with Gasteiger partial charge in [0.1, 0.15) is 0 Å². The minimum atomic E-state index is -0.887. The van der Waals surface area contributed by atoms with Crippen LogP contribution in [-0.2, 0) is 4.79 Å². The summed E-state index contributed by atoms with van der Waals surface area (Å²) in [5, 5.41) is 11.6. The molecule has 0 fully saturated rings. The Balaban J connectivity index is 4.27. The lowest BCUT2D eigenvalue weighted by molar-refractivity contribution is -0.137. The average Bonchev–Trinajstić information content (AvgIpc) is 2.22. The van der Waals surface area contributed by atoms with E-state index < -0.39 is 5.97 Å². The monoisotopic (exact) mass is 272 g/mol. The van der Waals surface area contributed by atoms with Crippen LogP contribution in [0.2, 0.25) is 0 Å². The summed E-state index contributed by atoms with van der Waals surface area (Å²) in [6, 6.07) is -0.183. The van der Waals surface area contributed by atoms with Gasteiger partial charge in [-0.05, 0) is 39.5 Å². The molecule has 0 rings (SSSR count). The molecule has 0 aromatic heterocycles. The minimum Gasteiger partial charge on any atom is -0.481 e. The molecular formula is C14H28N2O3. The van der Waals surface area contributed by atoms with Crippen LogP contribution in [0.4, 0.5) is 4.79 Å². The molecule has 19 heavy (non-hydrogen) atoms. The molecule has 0 saturated heterocycles. The molecule has 0 unspecified atom stereocenters. The number of hydrogen-bond donors (Lipinski definition) is 2. The summed E-state index contributed by atoms with van der Waals surface area (Å²) >= 11 is 0. The molecule has 5 nitrogen and oxygen atoms in total. The van der Waals surface area contributed by atoms with Crippen molar-refractivity contribution in [2.24, 2.45) is 5.92 Å². The van der Waals surface area contributed by atoms with Gasteiger partial charge in [-0.3, -0.25) is 4.79 Å². The summed E-state index contributed by atoms with van der Waals surface area (Å²) in [4.78, 5) is 24.3. The van der Waals surface area contributed by atoms with Gasteiger partial charge < -0.3 is 15.3 Å². The highest BCUT2D eigenvalue weighted by molar-refractivity contribution is 5.76. The standard InChI is InChI=1S/C14H28N2O3/c1-11(2)7-6-9-15-13(19)16(14(3,4)5)10-8-12(17)18/h11H,6-10H2,1-5H3,(H,15,19)(H,17,18). The first kappa shape index (κ1) is 17.7. The first-order valence-electron chi connectivity index (χ1n) is 6.92. The van der Waals surface area contributed by atoms with E-state index in [1.807, 2.05) is 20.8 Å². The first-order valence-corrected chi connectivity index (χ1v) is 6.92. The highest BCUT2D eigenvalue weighted by atomic mass is 16.4. The molecule has 2 N–H and O–H groups in total. The Labute approximate surface area is 116 Å². The number of nitrogens with zero attached hydrogens (tertiary/aromatic N) is 1. The SMILES string of the molecule is CC(C)CCCNC(=O)N(CCC(=O)O)C(C)(C)C. The van der Waals surface area contributed by atoms with Crippen molar-refractivity contribution >= 4 is 12.0 Å². The third-order valence-electron chi connectivity index (χ3n) is 2.84. The quantitative estimate of drug-likeness (QED) is 0.700. The summed E-state index contributed by atoms with van der Waals surface area (Å²) in [7, 11) is 0. The van der Waals surface area contributed by atoms with Crippen molar-refractivity contribution < 1.29 is 14.7 Å². The Hall–Kier alpha value is -1.26. The summed E-state index contributed by atoms with van der Waals surface area (Å²) in [5.74, 6) is -0.260. The molecule has 0 aromatic rings. The van der Waals surface area contributed by atoms with E-state index in [2.05, 4.69) is 19.2 Å². The van der Waals surface area contributed by atoms with Crippen LogP contribution in [-0.4, -0.2) is 40.6 Å². The van der Waals surface area contributed by atoms with E-state index in [1.165, 1.54) is 0 Å². The molecule has 0 aromatic carbocycles. The van der Waals surface area contributed by atoms with E-state index in [1.54, 1.807) is 4.90 Å². The number of nitrogens with one attached hydrogen (secondary N) is 1. The van der Waals surface area contributed by atoms with Gasteiger partial charge in [0.25, 0.3) is 0 Å². The maximum atomic E-state index is 12.1. The van der Waals surface area contributed by atoms with Crippen LogP contribution >= 0.6 is 0 Å². The zero-order valence-corrected chi connectivity index (χ0v) is 12.8. The fraction of sp³-hybridized carbons (Fsp3) is 0.857. The van der Waals surface area contributed by atoms with Gasteiger partial charge in [0.2, 0.25) is 0 Å². The van der Waals surface area contributed by atoms with Gasteiger partial charge in [-0.15, -0.1) is 0 Å². The van der Waals surface area contributed by atoms with Crippen molar-refractivity contribution in [2.75, 3.05) is 13.1 Å². The van der Waals surface area contributed by atoms with Crippen LogP contribution in [0.15, 0.2) is 0 Å². The third kappa shape index (κ3) is 8.46. The van der Waals surface area contributed by atoms with Crippen molar-refractivity contribution in [3.63, 3.8) is 0 Å². The number of rotatable bonds is 7. The fourth-order valence-corrected chi connectivity index (χ4v) is 1.75. The lowest BCUT2D eigenvalue weighted by atomic mass is 10.1. The Bertz CT molecular complexity index is 296. The molecule has 0 aliphatic rings. The van der Waals surface area contributed by atoms with E-state index in [9.17, 15) is 9.59 Å². The average molecular weight is 272 g/mol. The summed E-state index contributed by atoms with van der Waals surface area (Å²) in [6.07, 6.45) is 1.99. The van der Waals surface area contributed by atoms with E-state index >= 15 is 0 Å². The molecule has 0 aliphatic carbocycles. The molecule has 0 spiro atoms. The van der Waals surface area contributed by atoms with Crippen molar-refractivity contribution in [1.29, 1.82) is 0 Å². The molecule has 0 aliphatic heterocycles. The molecule has 0 radical (unpaired) electrons. The van der Waals surface area contributed by atoms with Gasteiger partial charge in [0.15, 0.2) is 0 Å². The number of carboxylic acids is 1. The van der Waals surface area contributed by atoms with E-state index in [0.29, 0.717) is 12.5 Å². The van der Waals surface area contributed by atoms with Gasteiger partial charge in [-0.2, -0.15) is 0 Å². The van der Waals surface area contributed by atoms with Crippen molar-refractivity contribution in [2.45, 2.75) is 59.4 Å². The Morgan fingerprint density at radius 2 is 1.84 bits per heavy atom. The Morgan fingerprint density at radius 3 is 2.26 bits per heavy atom. The second kappa shape index (κ2) is 8.02. The zero-order valence-electron chi connectivity index (χ0n) is 12.8. The maximum absolute atomic E-state index is 12.1. The predicted octanol–water partition coefficient (Wildman–Crippen LogP) is 2.71. The number of carboxylic acid groups (broad SMARTS) is 1. The van der Waals surface area contributed by atoms with Gasteiger partial charge >= 0.3 is 12.0 Å². The summed E-state index contributed by atoms with van der Waals surface area (Å²) in [5.41, 5.74) is -0.377. The first-order chi connectivity index (χ1) is 8.64. The Morgan fingerprint density at radius 1 is 1.26 bits per heavy atom. The van der Waals surface area contributed by atoms with Crippen molar-refractivity contribution in [3.05, 3.63) is 0 Å². The smallest absolute Gasteiger partial charge is 0.317 e. The molecule has 0 saturated carbocycles. The second-order valence-electron chi connectivity index (χ2n) is 6.23. The Kier molecular flexibility index (Phi) is 7.49. The van der Waals surface area contributed by atoms with Gasteiger partial charge in [-0.25, -0.2) is 4.79 Å². The van der Waals surface area contributed by atoms with Gasteiger partial charge in [-0.1, -0.05) is 13.8 Å². The van der Waals surface area contributed by atoms with E-state index in [4.69, 9.17) is 5.11 Å². The van der Waals surface area contributed by atoms with Crippen LogP contribution in [0, 0.1) is 5.92 Å². The van der Waals surface area contributed by atoms with Crippen molar-refractivity contribution in [3.8, 4) is 0 Å². The molecule has 5 heteroatoms. The summed E-state index contributed by atoms with van der Waals surface area (Å²) in [6.45, 7) is 10.9. The number of amides is 2. The number of carbonyl (C=O) groups excluding carboxylic acids is 1. The highest BCUT2D eigenvalue weighted by Gasteiger charge is 2.26. The molecular weight excluding hydrogens is 244 g/mol. The van der Waals surface area contributed by atoms with Crippen LogP contribution < -0.4 is 5.32 Å². The van der Waals surface area contributed by atoms with E-state index in [-0.39, 0.29) is 24.5 Å². The highest BCUT2D eigenvalue weighted by Crippen LogP contribution is 2.14. The zero-order chi connectivity index (χ0) is 15.1. The molecule has 0 atom stereocenters. The number of aliphatic carboxylic acids is 1. The lowest BCUT2D eigenvalue weighted by Crippen LogP contribution is -2.51. The second-order valence-corrected chi connectivity index (χ2v) is 6.23. The maximum Gasteiger partial charge on any atom is 0.317 e. The number of carbonyl (C=O) groups is 2. The predicted molar refractivity (Wildman–Crippen MR) is 76.2 cm³/mol. The van der Waals surface area contributed by atoms with Gasteiger partial charge in [0.05, 0.1) is 6.42 Å². The molecule has 0 heterocycles. The van der Waals surface area contributed by atoms with Crippen LogP contribution in [0.3, 0.4) is 0 Å². The summed E-state index contributed by atoms with van der Waals surface area (Å²) < 4.78 is 0. The number of hydrogen-bond acceptors (Lipinski definition) is 2. The molecule has 0 bridgehead atoms. The number of urea groups is 1. The molecule has 2 amide bonds. The lowest BCUT2D eigenvalue weighted by Gasteiger charge is -2.35. The topological polar surface area (TPSA) is 69.6 Å². The molecule has 112 valence electrons. The van der Waals surface area contributed by atoms with Crippen LogP contribution in [0.5, 0.6) is 0 Å². The third-order valence-corrected chi connectivity index (χ3v) is 2.84. The van der Waals surface area contributed by atoms with Gasteiger partial charge in [0, 0.05) is 18.6 Å². The minimum absolute atomic E-state index is 0.0311. The largest absolute Gasteiger partial charge is 0.481 e. The van der Waals surface area contributed by atoms with Crippen molar-refractivity contribution in [1.82, 2.24) is 10.2 Å².